The average Bonchev–Trinajstić information content (AvgIpc) is 2.17. The summed E-state index contributed by atoms with van der Waals surface area (Å²) in [7, 11) is 0. The smallest absolute Gasteiger partial charge is 0.321 e. The van der Waals surface area contributed by atoms with Crippen LogP contribution < -0.4 is 5.32 Å². The van der Waals surface area contributed by atoms with E-state index in [0.717, 1.165) is 0 Å². The van der Waals surface area contributed by atoms with Crippen molar-refractivity contribution in [1.29, 1.82) is 0 Å². The van der Waals surface area contributed by atoms with Gasteiger partial charge in [-0.05, 0) is 18.2 Å². The van der Waals surface area contributed by atoms with Crippen molar-refractivity contribution in [2.24, 2.45) is 0 Å². The number of amides is 1. The zero-order valence-corrected chi connectivity index (χ0v) is 8.44. The summed E-state index contributed by atoms with van der Waals surface area (Å²) in [5, 5.41) is 1.84. The monoisotopic (exact) mass is 255 g/mol. The molecule has 1 rings (SSSR count). The van der Waals surface area contributed by atoms with Crippen LogP contribution in [0.5, 0.6) is 0 Å². The number of halogens is 5. The number of carbonyl (C=O) groups excluding carboxylic acids is 1. The molecule has 0 unspecified atom stereocenters. The van der Waals surface area contributed by atoms with E-state index >= 15 is 0 Å². The zero-order valence-electron chi connectivity index (χ0n) is 7.68. The van der Waals surface area contributed by atoms with Crippen LogP contribution >= 0.6 is 11.6 Å². The van der Waals surface area contributed by atoms with Gasteiger partial charge in [-0.3, -0.25) is 4.79 Å². The maximum absolute atomic E-state index is 12.5. The molecule has 0 saturated carbocycles. The van der Waals surface area contributed by atoms with Crippen LogP contribution in [-0.4, -0.2) is 18.3 Å². The Kier molecular flexibility index (Phi) is 3.74. The minimum absolute atomic E-state index is 0.0715. The van der Waals surface area contributed by atoms with Gasteiger partial charge in [0.1, 0.15) is 0 Å². The predicted molar refractivity (Wildman–Crippen MR) is 51.0 cm³/mol. The summed E-state index contributed by atoms with van der Waals surface area (Å²) in [6, 6.07) is 5.26. The Hall–Kier alpha value is -1.30. The number of hydrogen-bond acceptors (Lipinski definition) is 1. The quantitative estimate of drug-likeness (QED) is 0.826. The van der Waals surface area contributed by atoms with Crippen molar-refractivity contribution in [3.63, 3.8) is 0 Å². The van der Waals surface area contributed by atoms with Gasteiger partial charge in [0.05, 0.1) is 0 Å². The largest absolute Gasteiger partial charge is 0.383 e. The van der Waals surface area contributed by atoms with Gasteiger partial charge < -0.3 is 5.32 Å². The Morgan fingerprint density at radius 3 is 2.50 bits per heavy atom. The third kappa shape index (κ3) is 2.85. The Morgan fingerprint density at radius 2 is 2.00 bits per heavy atom. The van der Waals surface area contributed by atoms with Gasteiger partial charge in [0, 0.05) is 10.7 Å². The summed E-state index contributed by atoms with van der Waals surface area (Å²) >= 11 is 5.52. The molecule has 1 N–H and O–H groups in total. The first-order chi connectivity index (χ1) is 7.34. The molecule has 0 spiro atoms. The van der Waals surface area contributed by atoms with E-state index in [1.807, 2.05) is 0 Å². The highest BCUT2D eigenvalue weighted by molar-refractivity contribution is 6.30. The molecule has 1 aromatic rings. The van der Waals surface area contributed by atoms with E-state index in [0.29, 0.717) is 0 Å². The third-order valence-electron chi connectivity index (χ3n) is 1.66. The summed E-state index contributed by atoms with van der Waals surface area (Å²) in [6.45, 7) is 0. The highest BCUT2D eigenvalue weighted by atomic mass is 35.5. The van der Waals surface area contributed by atoms with Crippen LogP contribution in [-0.2, 0) is 4.79 Å². The van der Waals surface area contributed by atoms with Crippen LogP contribution in [0.3, 0.4) is 0 Å². The fourth-order valence-corrected chi connectivity index (χ4v) is 1.07. The molecule has 0 aromatic heterocycles. The highest BCUT2D eigenvalue weighted by Gasteiger charge is 2.48. The minimum atomic E-state index is -4.72. The molecule has 16 heavy (non-hydrogen) atoms. The standard InChI is InChI=1S/C9H6ClF4NO/c10-5-2-1-3-6(4-5)15-8(16)9(13,14)7(11)12/h1-4,7H,(H,15,16). The third-order valence-corrected chi connectivity index (χ3v) is 1.89. The fraction of sp³-hybridized carbons (Fsp3) is 0.222. The summed E-state index contributed by atoms with van der Waals surface area (Å²) in [5.74, 6) is -6.78. The van der Waals surface area contributed by atoms with Gasteiger partial charge in [0.15, 0.2) is 0 Å². The predicted octanol–water partition coefficient (Wildman–Crippen LogP) is 3.18. The summed E-state index contributed by atoms with van der Waals surface area (Å²) < 4.78 is 48.7. The van der Waals surface area contributed by atoms with Crippen molar-refractivity contribution in [3.8, 4) is 0 Å². The van der Waals surface area contributed by atoms with E-state index in [9.17, 15) is 22.4 Å². The average molecular weight is 256 g/mol. The van der Waals surface area contributed by atoms with E-state index in [1.54, 1.807) is 5.32 Å². The molecule has 88 valence electrons. The molecule has 0 aliphatic carbocycles. The van der Waals surface area contributed by atoms with Crippen LogP contribution in [0.1, 0.15) is 0 Å². The van der Waals surface area contributed by atoms with Crippen LogP contribution in [0.4, 0.5) is 23.2 Å². The summed E-state index contributed by atoms with van der Waals surface area (Å²) in [6.07, 6.45) is -4.05. The molecule has 0 aliphatic rings. The second kappa shape index (κ2) is 4.69. The van der Waals surface area contributed by atoms with Crippen molar-refractivity contribution in [2.75, 3.05) is 5.32 Å². The van der Waals surface area contributed by atoms with E-state index in [2.05, 4.69) is 0 Å². The number of nitrogens with one attached hydrogen (secondary N) is 1. The number of carbonyl (C=O) groups is 1. The summed E-state index contributed by atoms with van der Waals surface area (Å²) in [5.41, 5.74) is -0.0715. The Bertz CT molecular complexity index is 397. The van der Waals surface area contributed by atoms with Crippen molar-refractivity contribution in [3.05, 3.63) is 29.3 Å². The normalized spacial score (nSPS) is 11.6. The zero-order chi connectivity index (χ0) is 12.3. The highest BCUT2D eigenvalue weighted by Crippen LogP contribution is 2.25. The fourth-order valence-electron chi connectivity index (χ4n) is 0.880. The van der Waals surface area contributed by atoms with Crippen LogP contribution in [0.15, 0.2) is 24.3 Å². The van der Waals surface area contributed by atoms with Gasteiger partial charge in [-0.1, -0.05) is 17.7 Å². The number of rotatable bonds is 3. The van der Waals surface area contributed by atoms with Crippen molar-refractivity contribution in [2.45, 2.75) is 12.3 Å². The second-order valence-corrected chi connectivity index (χ2v) is 3.32. The molecule has 0 bridgehead atoms. The van der Waals surface area contributed by atoms with Gasteiger partial charge in [-0.15, -0.1) is 0 Å². The van der Waals surface area contributed by atoms with Crippen molar-refractivity contribution in [1.82, 2.24) is 0 Å². The lowest BCUT2D eigenvalue weighted by molar-refractivity contribution is -0.163. The molecular weight excluding hydrogens is 250 g/mol. The SMILES string of the molecule is O=C(Nc1cccc(Cl)c1)C(F)(F)C(F)F. The first-order valence-electron chi connectivity index (χ1n) is 4.07. The van der Waals surface area contributed by atoms with Gasteiger partial charge >= 0.3 is 18.3 Å². The topological polar surface area (TPSA) is 29.1 Å². The number of alkyl halides is 4. The maximum atomic E-state index is 12.5. The molecule has 0 saturated heterocycles. The van der Waals surface area contributed by atoms with Crippen molar-refractivity contribution >= 4 is 23.2 Å². The van der Waals surface area contributed by atoms with E-state index in [-0.39, 0.29) is 10.7 Å². The summed E-state index contributed by atoms with van der Waals surface area (Å²) in [4.78, 5) is 10.8. The number of benzene rings is 1. The lowest BCUT2D eigenvalue weighted by Gasteiger charge is -2.14. The van der Waals surface area contributed by atoms with Crippen LogP contribution in [0.2, 0.25) is 5.02 Å². The lowest BCUT2D eigenvalue weighted by Crippen LogP contribution is -2.40. The second-order valence-electron chi connectivity index (χ2n) is 2.89. The Balaban J connectivity index is 2.79. The molecule has 0 atom stereocenters. The molecule has 2 nitrogen and oxygen atoms in total. The molecule has 0 fully saturated rings. The van der Waals surface area contributed by atoms with Crippen LogP contribution in [0.25, 0.3) is 0 Å². The molecular formula is C9H6ClF4NO. The Labute approximate surface area is 93.2 Å². The van der Waals surface area contributed by atoms with Crippen molar-refractivity contribution < 1.29 is 22.4 Å². The lowest BCUT2D eigenvalue weighted by atomic mass is 10.3. The van der Waals surface area contributed by atoms with Gasteiger partial charge in [0.2, 0.25) is 0 Å². The number of anilines is 1. The molecule has 0 radical (unpaired) electrons. The first kappa shape index (κ1) is 12.8. The molecule has 7 heteroatoms. The molecule has 0 aliphatic heterocycles. The first-order valence-corrected chi connectivity index (χ1v) is 4.45. The van der Waals surface area contributed by atoms with Crippen LogP contribution in [0, 0.1) is 0 Å². The molecule has 0 heterocycles. The van der Waals surface area contributed by atoms with E-state index in [1.165, 1.54) is 24.3 Å². The van der Waals surface area contributed by atoms with Gasteiger partial charge in [0.25, 0.3) is 0 Å². The van der Waals surface area contributed by atoms with E-state index in [4.69, 9.17) is 11.6 Å². The maximum Gasteiger partial charge on any atom is 0.383 e. The van der Waals surface area contributed by atoms with Gasteiger partial charge in [-0.25, -0.2) is 8.78 Å². The molecule has 1 aromatic carbocycles. The number of hydrogen-bond donors (Lipinski definition) is 1. The van der Waals surface area contributed by atoms with Gasteiger partial charge in [-0.2, -0.15) is 8.78 Å². The molecule has 1 amide bonds. The minimum Gasteiger partial charge on any atom is -0.321 e. The Morgan fingerprint density at radius 1 is 1.38 bits per heavy atom. The van der Waals surface area contributed by atoms with E-state index < -0.39 is 18.3 Å².